The number of nitrogens with zero attached hydrogens (tertiary/aromatic N) is 2. The van der Waals surface area contributed by atoms with Crippen molar-refractivity contribution in [2.45, 2.75) is 6.42 Å². The number of carbonyl (C=O) groups is 1. The number of nitrogens with one attached hydrogen (secondary N) is 1. The van der Waals surface area contributed by atoms with E-state index in [1.807, 2.05) is 18.2 Å². The summed E-state index contributed by atoms with van der Waals surface area (Å²) in [5.74, 6) is 0.372. The molecule has 0 aliphatic rings. The van der Waals surface area contributed by atoms with Gasteiger partial charge in [0, 0.05) is 27.5 Å². The summed E-state index contributed by atoms with van der Waals surface area (Å²) in [4.78, 5) is 16.6. The first-order chi connectivity index (χ1) is 10.1. The first kappa shape index (κ1) is 14.0. The molecule has 108 valence electrons. The Morgan fingerprint density at radius 1 is 1.48 bits per heavy atom. The molecule has 0 aliphatic heterocycles. The van der Waals surface area contributed by atoms with Gasteiger partial charge in [-0.25, -0.2) is 0 Å². The molecule has 0 saturated carbocycles. The number of anilines is 1. The average molecular weight is 367 g/mol. The van der Waals surface area contributed by atoms with E-state index >= 15 is 0 Å². The van der Waals surface area contributed by atoms with Gasteiger partial charge in [0.15, 0.2) is 5.82 Å². The zero-order valence-corrected chi connectivity index (χ0v) is 13.2. The smallest absolute Gasteiger partial charge is 0.263 e. The predicted octanol–water partition coefficient (Wildman–Crippen LogP) is 2.60. The number of benzene rings is 1. The van der Waals surface area contributed by atoms with E-state index in [9.17, 15) is 4.79 Å². The van der Waals surface area contributed by atoms with Crippen LogP contribution in [-0.2, 0) is 6.42 Å². The van der Waals surface area contributed by atoms with Crippen LogP contribution in [0.15, 0.2) is 33.6 Å². The molecule has 0 saturated heterocycles. The van der Waals surface area contributed by atoms with Crippen molar-refractivity contribution < 1.29 is 9.32 Å². The maximum absolute atomic E-state index is 12.2. The fourth-order valence-corrected chi connectivity index (χ4v) is 3.52. The fraction of sp³-hybridized carbons (Fsp3) is 0.154. The van der Waals surface area contributed by atoms with Gasteiger partial charge in [0.05, 0.1) is 5.69 Å². The minimum atomic E-state index is -0.187. The van der Waals surface area contributed by atoms with E-state index < -0.39 is 0 Å². The Kier molecular flexibility index (Phi) is 3.89. The second-order valence-corrected chi connectivity index (χ2v) is 6.31. The SMILES string of the molecule is Nc1c(C(=O)NCCc2ncon2)sc2cc(Br)ccc12. The van der Waals surface area contributed by atoms with Gasteiger partial charge in [-0.3, -0.25) is 4.79 Å². The first-order valence-corrected chi connectivity index (χ1v) is 7.77. The summed E-state index contributed by atoms with van der Waals surface area (Å²) in [6, 6.07) is 5.76. The van der Waals surface area contributed by atoms with Gasteiger partial charge >= 0.3 is 0 Å². The highest BCUT2D eigenvalue weighted by Gasteiger charge is 2.16. The quantitative estimate of drug-likeness (QED) is 0.739. The molecule has 21 heavy (non-hydrogen) atoms. The number of halogens is 1. The molecular formula is C13H11BrN4O2S. The second kappa shape index (κ2) is 5.82. The summed E-state index contributed by atoms with van der Waals surface area (Å²) in [5, 5.41) is 7.39. The number of fused-ring (bicyclic) bond motifs is 1. The van der Waals surface area contributed by atoms with Crippen molar-refractivity contribution in [2.75, 3.05) is 12.3 Å². The monoisotopic (exact) mass is 366 g/mol. The number of nitrogen functional groups attached to an aromatic ring is 1. The Morgan fingerprint density at radius 3 is 3.10 bits per heavy atom. The molecular weight excluding hydrogens is 356 g/mol. The van der Waals surface area contributed by atoms with E-state index in [0.29, 0.717) is 29.4 Å². The van der Waals surface area contributed by atoms with Crippen LogP contribution in [0.2, 0.25) is 0 Å². The van der Waals surface area contributed by atoms with Crippen LogP contribution < -0.4 is 11.1 Å². The Balaban J connectivity index is 1.73. The van der Waals surface area contributed by atoms with Crippen LogP contribution in [0, 0.1) is 0 Å². The zero-order valence-electron chi connectivity index (χ0n) is 10.8. The van der Waals surface area contributed by atoms with Crippen molar-refractivity contribution in [1.29, 1.82) is 0 Å². The van der Waals surface area contributed by atoms with E-state index in [4.69, 9.17) is 5.73 Å². The molecule has 1 amide bonds. The Labute approximate surface area is 132 Å². The van der Waals surface area contributed by atoms with Gasteiger partial charge in [0.1, 0.15) is 4.88 Å². The third-order valence-corrected chi connectivity index (χ3v) is 4.60. The number of aromatic nitrogens is 2. The van der Waals surface area contributed by atoms with Crippen molar-refractivity contribution in [2.24, 2.45) is 0 Å². The normalized spacial score (nSPS) is 10.9. The van der Waals surface area contributed by atoms with Gasteiger partial charge in [0.2, 0.25) is 6.39 Å². The Morgan fingerprint density at radius 2 is 2.33 bits per heavy atom. The third-order valence-electron chi connectivity index (χ3n) is 2.94. The van der Waals surface area contributed by atoms with Gasteiger partial charge in [-0.05, 0) is 12.1 Å². The molecule has 0 bridgehead atoms. The van der Waals surface area contributed by atoms with Crippen molar-refractivity contribution >= 4 is 48.9 Å². The van der Waals surface area contributed by atoms with E-state index in [0.717, 1.165) is 14.6 Å². The van der Waals surface area contributed by atoms with Crippen LogP contribution in [0.3, 0.4) is 0 Å². The summed E-state index contributed by atoms with van der Waals surface area (Å²) in [5.41, 5.74) is 6.56. The van der Waals surface area contributed by atoms with Crippen LogP contribution in [-0.4, -0.2) is 22.6 Å². The van der Waals surface area contributed by atoms with Crippen molar-refractivity contribution in [3.8, 4) is 0 Å². The minimum Gasteiger partial charge on any atom is -0.397 e. The highest BCUT2D eigenvalue weighted by molar-refractivity contribution is 9.10. The molecule has 0 spiro atoms. The molecule has 3 rings (SSSR count). The van der Waals surface area contributed by atoms with Crippen molar-refractivity contribution in [3.63, 3.8) is 0 Å². The molecule has 0 aliphatic carbocycles. The second-order valence-electron chi connectivity index (χ2n) is 4.34. The van der Waals surface area contributed by atoms with Gasteiger partial charge < -0.3 is 15.6 Å². The Hall–Kier alpha value is -1.93. The van der Waals surface area contributed by atoms with Gasteiger partial charge in [-0.1, -0.05) is 27.2 Å². The summed E-state index contributed by atoms with van der Waals surface area (Å²) in [7, 11) is 0. The molecule has 2 aromatic heterocycles. The number of amides is 1. The lowest BCUT2D eigenvalue weighted by molar-refractivity contribution is 0.0959. The van der Waals surface area contributed by atoms with Crippen LogP contribution in [0.4, 0.5) is 5.69 Å². The number of thiophene rings is 1. The highest BCUT2D eigenvalue weighted by Crippen LogP contribution is 2.35. The molecule has 8 heteroatoms. The number of hydrogen-bond acceptors (Lipinski definition) is 6. The molecule has 2 heterocycles. The van der Waals surface area contributed by atoms with E-state index in [1.54, 1.807) is 0 Å². The van der Waals surface area contributed by atoms with Gasteiger partial charge in [-0.15, -0.1) is 11.3 Å². The summed E-state index contributed by atoms with van der Waals surface area (Å²) < 4.78 is 6.57. The molecule has 0 radical (unpaired) electrons. The minimum absolute atomic E-state index is 0.187. The van der Waals surface area contributed by atoms with E-state index in [1.165, 1.54) is 17.7 Å². The lowest BCUT2D eigenvalue weighted by atomic mass is 10.2. The summed E-state index contributed by atoms with van der Waals surface area (Å²) >= 11 is 4.79. The van der Waals surface area contributed by atoms with Crippen molar-refractivity contribution in [1.82, 2.24) is 15.5 Å². The summed E-state index contributed by atoms with van der Waals surface area (Å²) in [6.07, 6.45) is 1.78. The van der Waals surface area contributed by atoms with Crippen LogP contribution in [0.1, 0.15) is 15.5 Å². The Bertz CT molecular complexity index is 785. The molecule has 0 unspecified atom stereocenters. The third kappa shape index (κ3) is 2.91. The maximum Gasteiger partial charge on any atom is 0.263 e. The van der Waals surface area contributed by atoms with Crippen LogP contribution in [0.5, 0.6) is 0 Å². The van der Waals surface area contributed by atoms with Gasteiger partial charge in [0.25, 0.3) is 5.91 Å². The largest absolute Gasteiger partial charge is 0.397 e. The molecule has 0 atom stereocenters. The number of rotatable bonds is 4. The zero-order chi connectivity index (χ0) is 14.8. The van der Waals surface area contributed by atoms with Crippen molar-refractivity contribution in [3.05, 3.63) is 39.8 Å². The van der Waals surface area contributed by atoms with E-state index in [2.05, 4.69) is 35.9 Å². The van der Waals surface area contributed by atoms with Crippen LogP contribution in [0.25, 0.3) is 10.1 Å². The number of nitrogens with two attached hydrogens (primary N) is 1. The predicted molar refractivity (Wildman–Crippen MR) is 84.3 cm³/mol. The van der Waals surface area contributed by atoms with Crippen LogP contribution >= 0.6 is 27.3 Å². The summed E-state index contributed by atoms with van der Waals surface area (Å²) in [6.45, 7) is 0.426. The molecule has 0 fully saturated rings. The number of carbonyl (C=O) groups excluding carboxylic acids is 1. The lowest BCUT2D eigenvalue weighted by Crippen LogP contribution is -2.25. The van der Waals surface area contributed by atoms with Gasteiger partial charge in [-0.2, -0.15) is 4.98 Å². The highest BCUT2D eigenvalue weighted by atomic mass is 79.9. The first-order valence-electron chi connectivity index (χ1n) is 6.16. The standard InChI is InChI=1S/C13H11BrN4O2S/c14-7-1-2-8-9(5-7)21-12(11(8)15)13(19)16-4-3-10-17-6-20-18-10/h1-2,5-6H,3-4,15H2,(H,16,19). The average Bonchev–Trinajstić information content (AvgIpc) is 3.07. The lowest BCUT2D eigenvalue weighted by Gasteiger charge is -2.02. The molecule has 3 aromatic rings. The topological polar surface area (TPSA) is 94.0 Å². The molecule has 1 aromatic carbocycles. The molecule has 6 nitrogen and oxygen atoms in total. The number of hydrogen-bond donors (Lipinski definition) is 2. The molecule has 3 N–H and O–H groups in total. The van der Waals surface area contributed by atoms with E-state index in [-0.39, 0.29) is 5.91 Å². The maximum atomic E-state index is 12.2. The fourth-order valence-electron chi connectivity index (χ4n) is 1.93.